The van der Waals surface area contributed by atoms with Crippen LogP contribution < -0.4 is 15.5 Å². The molecule has 2 atom stereocenters. The molecule has 3 heterocycles. The van der Waals surface area contributed by atoms with Crippen molar-refractivity contribution in [2.45, 2.75) is 51.1 Å². The predicted octanol–water partition coefficient (Wildman–Crippen LogP) is 2.16. The third kappa shape index (κ3) is 5.12. The molecule has 1 aromatic carbocycles. The molecule has 0 radical (unpaired) electrons. The van der Waals surface area contributed by atoms with Crippen LogP contribution in [0.4, 0.5) is 5.69 Å². The van der Waals surface area contributed by atoms with Gasteiger partial charge >= 0.3 is 0 Å². The molecule has 2 fully saturated rings. The normalized spacial score (nSPS) is 19.4. The molecule has 0 saturated carbocycles. The van der Waals surface area contributed by atoms with Crippen molar-refractivity contribution in [1.82, 2.24) is 20.5 Å². The summed E-state index contributed by atoms with van der Waals surface area (Å²) in [4.78, 5) is 47.2. The van der Waals surface area contributed by atoms with Crippen molar-refractivity contribution < 1.29 is 14.4 Å². The smallest absolute Gasteiger partial charge is 0.250 e. The highest BCUT2D eigenvalue weighted by Crippen LogP contribution is 2.33. The number of nitrogens with one attached hydrogen (secondary N) is 2. The number of pyridine rings is 1. The Hall–Kier alpha value is -3.26. The summed E-state index contributed by atoms with van der Waals surface area (Å²) in [6, 6.07) is 10.1. The van der Waals surface area contributed by atoms with Crippen LogP contribution in [-0.4, -0.2) is 59.8 Å². The van der Waals surface area contributed by atoms with Crippen LogP contribution in [0.2, 0.25) is 0 Å². The molecule has 4 rings (SSSR count). The van der Waals surface area contributed by atoms with Gasteiger partial charge in [0.2, 0.25) is 11.8 Å². The number of carbonyl (C=O) groups excluding carboxylic acids is 3. The molecule has 2 unspecified atom stereocenters. The van der Waals surface area contributed by atoms with E-state index in [0.29, 0.717) is 24.3 Å². The monoisotopic (exact) mass is 463 g/mol. The largest absolute Gasteiger partial charge is 0.353 e. The second-order valence-electron chi connectivity index (χ2n) is 9.95. The molecule has 0 spiro atoms. The van der Waals surface area contributed by atoms with Crippen LogP contribution in [0.5, 0.6) is 0 Å². The molecule has 8 heteroatoms. The molecule has 0 aliphatic carbocycles. The van der Waals surface area contributed by atoms with Gasteiger partial charge in [0.15, 0.2) is 0 Å². The van der Waals surface area contributed by atoms with Crippen molar-refractivity contribution in [3.63, 3.8) is 0 Å². The van der Waals surface area contributed by atoms with E-state index < -0.39 is 6.04 Å². The molecule has 8 nitrogen and oxygen atoms in total. The van der Waals surface area contributed by atoms with E-state index in [1.807, 2.05) is 30.3 Å². The van der Waals surface area contributed by atoms with Crippen LogP contribution >= 0.6 is 0 Å². The molecule has 2 aliphatic heterocycles. The first-order chi connectivity index (χ1) is 16.3. The van der Waals surface area contributed by atoms with Gasteiger partial charge in [0.05, 0.1) is 12.6 Å². The van der Waals surface area contributed by atoms with Crippen LogP contribution in [0.1, 0.15) is 50.8 Å². The standard InChI is InChI=1S/C26H33N5O3/c1-26(2,3)19-8-10-20(11-9-19)31(24(33)21-7-5-13-28-21)23(18-6-4-12-27-16-18)25(34)30-15-14-29-22(32)17-30/h4,6,8-12,16,21,23,28H,5,7,13-15,17H2,1-3H3,(H,29,32). The molecule has 1 aromatic heterocycles. The Kier molecular flexibility index (Phi) is 6.97. The van der Waals surface area contributed by atoms with E-state index in [1.54, 1.807) is 23.4 Å². The number of hydrogen-bond donors (Lipinski definition) is 2. The van der Waals surface area contributed by atoms with Gasteiger partial charge in [0, 0.05) is 36.7 Å². The van der Waals surface area contributed by atoms with Crippen LogP contribution in [0.15, 0.2) is 48.8 Å². The van der Waals surface area contributed by atoms with E-state index in [1.165, 1.54) is 4.90 Å². The topological polar surface area (TPSA) is 94.6 Å². The van der Waals surface area contributed by atoms with Gasteiger partial charge in [0.25, 0.3) is 5.91 Å². The highest BCUT2D eigenvalue weighted by Gasteiger charge is 2.40. The van der Waals surface area contributed by atoms with Gasteiger partial charge in [-0.05, 0) is 48.6 Å². The average Bonchev–Trinajstić information content (AvgIpc) is 3.37. The van der Waals surface area contributed by atoms with Crippen LogP contribution in [0, 0.1) is 0 Å². The number of carbonyl (C=O) groups is 3. The highest BCUT2D eigenvalue weighted by molar-refractivity contribution is 6.04. The van der Waals surface area contributed by atoms with Crippen molar-refractivity contribution in [2.75, 3.05) is 31.1 Å². The summed E-state index contributed by atoms with van der Waals surface area (Å²) in [6.45, 7) is 7.94. The Morgan fingerprint density at radius 3 is 2.50 bits per heavy atom. The van der Waals surface area contributed by atoms with Gasteiger partial charge in [-0.1, -0.05) is 39.0 Å². The summed E-state index contributed by atoms with van der Waals surface area (Å²) in [5.41, 5.74) is 2.36. The van der Waals surface area contributed by atoms with E-state index >= 15 is 0 Å². The van der Waals surface area contributed by atoms with Gasteiger partial charge in [-0.15, -0.1) is 0 Å². The summed E-state index contributed by atoms with van der Waals surface area (Å²) in [5.74, 6) is -0.631. The van der Waals surface area contributed by atoms with E-state index in [0.717, 1.165) is 24.9 Å². The fourth-order valence-corrected chi connectivity index (χ4v) is 4.53. The zero-order chi connectivity index (χ0) is 24.3. The maximum Gasteiger partial charge on any atom is 0.250 e. The Balaban J connectivity index is 1.79. The third-order valence-electron chi connectivity index (χ3n) is 6.45. The fourth-order valence-electron chi connectivity index (χ4n) is 4.53. The van der Waals surface area contributed by atoms with Crippen molar-refractivity contribution in [3.8, 4) is 0 Å². The minimum Gasteiger partial charge on any atom is -0.353 e. The Labute approximate surface area is 200 Å². The van der Waals surface area contributed by atoms with E-state index in [9.17, 15) is 14.4 Å². The second-order valence-corrected chi connectivity index (χ2v) is 9.95. The average molecular weight is 464 g/mol. The molecule has 180 valence electrons. The van der Waals surface area contributed by atoms with E-state index in [-0.39, 0.29) is 35.7 Å². The lowest BCUT2D eigenvalue weighted by molar-refractivity contribution is -0.140. The van der Waals surface area contributed by atoms with Gasteiger partial charge in [-0.3, -0.25) is 24.3 Å². The number of aromatic nitrogens is 1. The molecule has 34 heavy (non-hydrogen) atoms. The summed E-state index contributed by atoms with van der Waals surface area (Å²) in [7, 11) is 0. The molecular formula is C26H33N5O3. The highest BCUT2D eigenvalue weighted by atomic mass is 16.2. The Bertz CT molecular complexity index is 1030. The number of anilines is 1. The molecule has 2 saturated heterocycles. The van der Waals surface area contributed by atoms with Crippen molar-refractivity contribution in [3.05, 3.63) is 59.9 Å². The number of hydrogen-bond acceptors (Lipinski definition) is 5. The lowest BCUT2D eigenvalue weighted by atomic mass is 9.87. The van der Waals surface area contributed by atoms with Crippen molar-refractivity contribution in [2.24, 2.45) is 0 Å². The van der Waals surface area contributed by atoms with E-state index in [2.05, 4.69) is 36.4 Å². The number of nitrogens with zero attached hydrogens (tertiary/aromatic N) is 3. The predicted molar refractivity (Wildman–Crippen MR) is 130 cm³/mol. The van der Waals surface area contributed by atoms with Gasteiger partial charge in [0.1, 0.15) is 6.04 Å². The molecule has 2 aliphatic rings. The Morgan fingerprint density at radius 1 is 1.15 bits per heavy atom. The van der Waals surface area contributed by atoms with Crippen LogP contribution in [0.3, 0.4) is 0 Å². The van der Waals surface area contributed by atoms with Gasteiger partial charge in [-0.25, -0.2) is 0 Å². The summed E-state index contributed by atoms with van der Waals surface area (Å²) in [5, 5.41) is 6.04. The lowest BCUT2D eigenvalue weighted by Gasteiger charge is -2.37. The summed E-state index contributed by atoms with van der Waals surface area (Å²) < 4.78 is 0. The molecule has 2 N–H and O–H groups in total. The number of piperazine rings is 1. The number of rotatable bonds is 5. The first kappa shape index (κ1) is 23.9. The first-order valence-electron chi connectivity index (χ1n) is 11.9. The number of benzene rings is 1. The van der Waals surface area contributed by atoms with Gasteiger partial charge in [-0.2, -0.15) is 0 Å². The third-order valence-corrected chi connectivity index (χ3v) is 6.45. The zero-order valence-electron chi connectivity index (χ0n) is 20.1. The zero-order valence-corrected chi connectivity index (χ0v) is 20.1. The summed E-state index contributed by atoms with van der Waals surface area (Å²) >= 11 is 0. The Morgan fingerprint density at radius 2 is 1.91 bits per heavy atom. The fraction of sp³-hybridized carbons (Fsp3) is 0.462. The number of amides is 3. The van der Waals surface area contributed by atoms with Crippen LogP contribution in [0.25, 0.3) is 0 Å². The van der Waals surface area contributed by atoms with Crippen molar-refractivity contribution >= 4 is 23.4 Å². The molecule has 2 aromatic rings. The molecule has 3 amide bonds. The maximum atomic E-state index is 13.9. The maximum absolute atomic E-state index is 13.9. The molecular weight excluding hydrogens is 430 g/mol. The van der Waals surface area contributed by atoms with Gasteiger partial charge < -0.3 is 15.5 Å². The second kappa shape index (κ2) is 9.93. The quantitative estimate of drug-likeness (QED) is 0.709. The minimum atomic E-state index is -0.921. The summed E-state index contributed by atoms with van der Waals surface area (Å²) in [6.07, 6.45) is 4.89. The SMILES string of the molecule is CC(C)(C)c1ccc(N(C(=O)C2CCCN2)C(C(=O)N2CCNC(=O)C2)c2cccnc2)cc1. The first-order valence-corrected chi connectivity index (χ1v) is 11.9. The lowest BCUT2D eigenvalue weighted by Crippen LogP contribution is -2.55. The minimum absolute atomic E-state index is 0.0255. The van der Waals surface area contributed by atoms with Crippen LogP contribution in [-0.2, 0) is 19.8 Å². The molecule has 0 bridgehead atoms. The van der Waals surface area contributed by atoms with E-state index in [4.69, 9.17) is 0 Å². The van der Waals surface area contributed by atoms with Crippen molar-refractivity contribution in [1.29, 1.82) is 0 Å².